The van der Waals surface area contributed by atoms with Gasteiger partial charge in [-0.3, -0.25) is 0 Å². The SMILES string of the molecule is FC1(F)[C@@H]2[C@H]3C[C@H]4[C@@H]5[C@@H]3[C@@H]1[C@@H]5C(F)(F)[C@@H]42. The van der Waals surface area contributed by atoms with Crippen LogP contribution in [-0.2, 0) is 0 Å². The smallest absolute Gasteiger partial charge is 0.206 e. The molecule has 0 heterocycles. The zero-order chi connectivity index (χ0) is 10.3. The van der Waals surface area contributed by atoms with Crippen molar-refractivity contribution >= 4 is 0 Å². The Labute approximate surface area is 84.0 Å². The molecule has 8 atom stereocenters. The van der Waals surface area contributed by atoms with E-state index in [-0.39, 0.29) is 23.7 Å². The summed E-state index contributed by atoms with van der Waals surface area (Å²) in [7, 11) is 0. The Morgan fingerprint density at radius 1 is 0.667 bits per heavy atom. The fraction of sp³-hybridized carbons (Fsp3) is 1.00. The van der Waals surface area contributed by atoms with Crippen molar-refractivity contribution in [2.24, 2.45) is 47.3 Å². The summed E-state index contributed by atoms with van der Waals surface area (Å²) in [4.78, 5) is 0. The minimum atomic E-state index is -2.77. The van der Waals surface area contributed by atoms with Gasteiger partial charge in [-0.15, -0.1) is 0 Å². The van der Waals surface area contributed by atoms with Gasteiger partial charge in [-0.2, -0.15) is 0 Å². The molecule has 5 aliphatic carbocycles. The van der Waals surface area contributed by atoms with Crippen molar-refractivity contribution in [3.63, 3.8) is 0 Å². The highest BCUT2D eigenvalue weighted by Crippen LogP contribution is 2.89. The average Bonchev–Trinajstić information content (AvgIpc) is 2.52. The second-order valence-corrected chi connectivity index (χ2v) is 6.17. The molecule has 4 heteroatoms. The first-order chi connectivity index (χ1) is 6.97. The Bertz CT molecular complexity index is 350. The van der Waals surface area contributed by atoms with Crippen molar-refractivity contribution in [1.29, 1.82) is 0 Å². The maximum absolute atomic E-state index is 13.9. The Hall–Kier alpha value is -0.280. The van der Waals surface area contributed by atoms with Crippen LogP contribution in [0.4, 0.5) is 17.6 Å². The molecular weight excluding hydrogens is 208 g/mol. The lowest BCUT2D eigenvalue weighted by Crippen LogP contribution is -2.57. The molecule has 0 spiro atoms. The normalized spacial score (nSPS) is 72.8. The Morgan fingerprint density at radius 3 is 1.47 bits per heavy atom. The number of hydrogen-bond acceptors (Lipinski definition) is 0. The second-order valence-electron chi connectivity index (χ2n) is 6.17. The molecule has 15 heavy (non-hydrogen) atoms. The summed E-state index contributed by atoms with van der Waals surface area (Å²) in [5.74, 6) is -9.60. The summed E-state index contributed by atoms with van der Waals surface area (Å²) < 4.78 is 55.6. The van der Waals surface area contributed by atoms with Crippen LogP contribution in [-0.4, -0.2) is 11.8 Å². The van der Waals surface area contributed by atoms with Crippen LogP contribution in [0.2, 0.25) is 0 Å². The number of hydrogen-bond donors (Lipinski definition) is 0. The van der Waals surface area contributed by atoms with Gasteiger partial charge in [0.05, 0.1) is 0 Å². The first-order valence-electron chi connectivity index (χ1n) is 5.73. The minimum absolute atomic E-state index is 0.0374. The molecule has 0 amide bonds. The van der Waals surface area contributed by atoms with Crippen LogP contribution < -0.4 is 0 Å². The number of halogens is 4. The summed E-state index contributed by atoms with van der Waals surface area (Å²) in [6.45, 7) is 0. The Balaban J connectivity index is 1.83. The quantitative estimate of drug-likeness (QED) is 0.548. The van der Waals surface area contributed by atoms with Gasteiger partial charge in [0.25, 0.3) is 11.8 Å². The van der Waals surface area contributed by atoms with Gasteiger partial charge in [0.1, 0.15) is 0 Å². The molecule has 5 rings (SSSR count). The van der Waals surface area contributed by atoms with E-state index in [2.05, 4.69) is 0 Å². The van der Waals surface area contributed by atoms with Crippen molar-refractivity contribution in [3.8, 4) is 0 Å². The molecule has 2 bridgehead atoms. The van der Waals surface area contributed by atoms with Gasteiger partial charge in [0, 0.05) is 23.7 Å². The molecule has 0 saturated heterocycles. The molecule has 0 N–H and O–H groups in total. The van der Waals surface area contributed by atoms with Crippen LogP contribution in [0.25, 0.3) is 0 Å². The van der Waals surface area contributed by atoms with Crippen molar-refractivity contribution < 1.29 is 17.6 Å². The van der Waals surface area contributed by atoms with Crippen LogP contribution in [0.5, 0.6) is 0 Å². The number of fused-ring (bicyclic) bond motifs is 2. The van der Waals surface area contributed by atoms with Crippen LogP contribution in [0.3, 0.4) is 0 Å². The molecule has 0 unspecified atom stereocenters. The molecule has 5 fully saturated rings. The fourth-order valence-corrected chi connectivity index (χ4v) is 6.33. The van der Waals surface area contributed by atoms with Crippen LogP contribution in [0.1, 0.15) is 6.42 Å². The first-order valence-corrected chi connectivity index (χ1v) is 5.73. The topological polar surface area (TPSA) is 0 Å². The average molecular weight is 218 g/mol. The van der Waals surface area contributed by atoms with Crippen molar-refractivity contribution in [3.05, 3.63) is 0 Å². The lowest BCUT2D eigenvalue weighted by atomic mass is 9.58. The van der Waals surface area contributed by atoms with Crippen molar-refractivity contribution in [1.82, 2.24) is 0 Å². The predicted octanol–water partition coefficient (Wildman–Crippen LogP) is 2.64. The third kappa shape index (κ3) is 0.464. The van der Waals surface area contributed by atoms with Gasteiger partial charge in [-0.1, -0.05) is 0 Å². The second kappa shape index (κ2) is 1.65. The molecule has 0 aliphatic heterocycles. The molecule has 0 aromatic heterocycles. The van der Waals surface area contributed by atoms with E-state index in [1.54, 1.807) is 0 Å². The molecule has 0 aromatic rings. The molecule has 5 aliphatic rings. The van der Waals surface area contributed by atoms with E-state index in [0.29, 0.717) is 6.42 Å². The summed E-state index contributed by atoms with van der Waals surface area (Å²) in [5, 5.41) is 0. The fourth-order valence-electron chi connectivity index (χ4n) is 6.33. The lowest BCUT2D eigenvalue weighted by molar-refractivity contribution is -0.250. The summed E-state index contributed by atoms with van der Waals surface area (Å²) in [5.41, 5.74) is 0. The van der Waals surface area contributed by atoms with E-state index in [0.717, 1.165) is 0 Å². The van der Waals surface area contributed by atoms with Crippen LogP contribution in [0.15, 0.2) is 0 Å². The summed E-state index contributed by atoms with van der Waals surface area (Å²) in [6.07, 6.45) is 0.669. The van der Waals surface area contributed by atoms with Crippen molar-refractivity contribution in [2.75, 3.05) is 0 Å². The van der Waals surface area contributed by atoms with Crippen LogP contribution in [0, 0.1) is 47.3 Å². The minimum Gasteiger partial charge on any atom is -0.206 e. The predicted molar refractivity (Wildman–Crippen MR) is 42.4 cm³/mol. The van der Waals surface area contributed by atoms with E-state index in [1.807, 2.05) is 0 Å². The summed E-state index contributed by atoms with van der Waals surface area (Å²) >= 11 is 0. The van der Waals surface area contributed by atoms with Gasteiger partial charge in [0.2, 0.25) is 0 Å². The van der Waals surface area contributed by atoms with Crippen molar-refractivity contribution in [2.45, 2.75) is 18.3 Å². The molecule has 0 aromatic carbocycles. The summed E-state index contributed by atoms with van der Waals surface area (Å²) in [6, 6.07) is 0. The highest BCUT2D eigenvalue weighted by Gasteiger charge is 2.93. The zero-order valence-corrected chi connectivity index (χ0v) is 7.84. The highest BCUT2D eigenvalue weighted by molar-refractivity contribution is 5.34. The first kappa shape index (κ1) is 7.91. The largest absolute Gasteiger partial charge is 0.255 e. The van der Waals surface area contributed by atoms with E-state index < -0.39 is 35.5 Å². The van der Waals surface area contributed by atoms with Gasteiger partial charge in [-0.05, 0) is 30.1 Å². The Morgan fingerprint density at radius 2 is 1.07 bits per heavy atom. The maximum atomic E-state index is 13.9. The lowest BCUT2D eigenvalue weighted by Gasteiger charge is -2.49. The maximum Gasteiger partial charge on any atom is 0.255 e. The third-order valence-corrected chi connectivity index (χ3v) is 6.28. The molecule has 82 valence electrons. The van der Waals surface area contributed by atoms with E-state index in [4.69, 9.17) is 0 Å². The molecular formula is C11H10F4. The molecule has 5 saturated carbocycles. The number of rotatable bonds is 0. The van der Waals surface area contributed by atoms with Gasteiger partial charge < -0.3 is 0 Å². The molecule has 0 nitrogen and oxygen atoms in total. The van der Waals surface area contributed by atoms with Gasteiger partial charge >= 0.3 is 0 Å². The van der Waals surface area contributed by atoms with E-state index in [9.17, 15) is 17.6 Å². The standard InChI is InChI=1S/C11H10F4/c12-10(13)6-2-1-3-5-4(2)8(10)9(5)11(14,15)7(3)6/h2-9H,1H2/t2-,3-,4+,5+,6-,7+,8+,9+/m0/s1. The van der Waals surface area contributed by atoms with Gasteiger partial charge in [-0.25, -0.2) is 17.6 Å². The zero-order valence-electron chi connectivity index (χ0n) is 7.84. The van der Waals surface area contributed by atoms with E-state index >= 15 is 0 Å². The Kier molecular flexibility index (Phi) is 0.868. The number of alkyl halides is 4. The molecule has 0 radical (unpaired) electrons. The van der Waals surface area contributed by atoms with Gasteiger partial charge in [0.15, 0.2) is 0 Å². The monoisotopic (exact) mass is 218 g/mol. The van der Waals surface area contributed by atoms with E-state index in [1.165, 1.54) is 0 Å². The third-order valence-electron chi connectivity index (χ3n) is 6.28. The highest BCUT2D eigenvalue weighted by atomic mass is 19.3. The van der Waals surface area contributed by atoms with Crippen LogP contribution >= 0.6 is 0 Å².